The fourth-order valence-corrected chi connectivity index (χ4v) is 8.37. The lowest BCUT2D eigenvalue weighted by atomic mass is 9.74. The maximum Gasteiger partial charge on any atom is 0.251 e. The number of nitrogens with one attached hydrogen (secondary N) is 2. The van der Waals surface area contributed by atoms with Gasteiger partial charge in [0, 0.05) is 54.9 Å². The standard InChI is InChI=1S/C34H44N4O4/c39-28-19-25-6-7-26(20-28)29(25)9-3-23-1-4-24(5-2-23)32-30-21-27(8-10-31(30)36-37-32)33(40)35-22-34(11-15-41-16-12-34)38-13-17-42-18-14-38/h1-2,4-5,8,10,21,25-26,28-29,39H,3,6-7,9,11-20,22H2,(H,35,40)(H,36,37). The Morgan fingerprint density at radius 1 is 1.00 bits per heavy atom. The zero-order chi connectivity index (χ0) is 28.5. The van der Waals surface area contributed by atoms with Crippen LogP contribution in [-0.2, 0) is 15.9 Å². The third kappa shape index (κ3) is 5.62. The Hall–Kier alpha value is -2.78. The number of hydrogen-bond donors (Lipinski definition) is 3. The minimum Gasteiger partial charge on any atom is -0.393 e. The van der Waals surface area contributed by atoms with Crippen LogP contribution in [-0.4, -0.2) is 83.8 Å². The van der Waals surface area contributed by atoms with E-state index >= 15 is 0 Å². The summed E-state index contributed by atoms with van der Waals surface area (Å²) in [4.78, 5) is 15.9. The van der Waals surface area contributed by atoms with E-state index in [9.17, 15) is 9.90 Å². The van der Waals surface area contributed by atoms with Gasteiger partial charge in [-0.05, 0) is 92.9 Å². The molecule has 4 aliphatic rings. The second kappa shape index (κ2) is 12.1. The van der Waals surface area contributed by atoms with Crippen molar-refractivity contribution in [2.45, 2.75) is 63.0 Å². The van der Waals surface area contributed by atoms with Gasteiger partial charge in [0.25, 0.3) is 5.91 Å². The van der Waals surface area contributed by atoms with Crippen molar-refractivity contribution in [2.24, 2.45) is 17.8 Å². The minimum absolute atomic E-state index is 0.0530. The van der Waals surface area contributed by atoms with Crippen LogP contribution in [0.2, 0.25) is 0 Å². The number of carbonyl (C=O) groups is 1. The van der Waals surface area contributed by atoms with Gasteiger partial charge in [-0.2, -0.15) is 5.10 Å². The quantitative estimate of drug-likeness (QED) is 0.366. The van der Waals surface area contributed by atoms with Crippen molar-refractivity contribution in [1.82, 2.24) is 20.4 Å². The van der Waals surface area contributed by atoms with Crippen LogP contribution in [0.3, 0.4) is 0 Å². The number of aryl methyl sites for hydroxylation is 1. The zero-order valence-electron chi connectivity index (χ0n) is 24.5. The summed E-state index contributed by atoms with van der Waals surface area (Å²) in [7, 11) is 0. The van der Waals surface area contributed by atoms with Crippen molar-refractivity contribution in [3.05, 3.63) is 53.6 Å². The summed E-state index contributed by atoms with van der Waals surface area (Å²) in [6, 6.07) is 14.6. The Labute approximate surface area is 248 Å². The number of H-pyrrole nitrogens is 1. The Bertz CT molecular complexity index is 1360. The minimum atomic E-state index is -0.0812. The molecule has 2 unspecified atom stereocenters. The summed E-state index contributed by atoms with van der Waals surface area (Å²) in [5, 5.41) is 22.1. The van der Waals surface area contributed by atoms with Crippen LogP contribution < -0.4 is 5.32 Å². The van der Waals surface area contributed by atoms with Crippen LogP contribution in [0.15, 0.2) is 42.5 Å². The molecule has 1 aromatic heterocycles. The average Bonchev–Trinajstić information content (AvgIpc) is 3.57. The van der Waals surface area contributed by atoms with Crippen LogP contribution in [0.1, 0.15) is 60.9 Å². The van der Waals surface area contributed by atoms with E-state index in [4.69, 9.17) is 9.47 Å². The highest BCUT2D eigenvalue weighted by atomic mass is 16.5. The Balaban J connectivity index is 1.02. The van der Waals surface area contributed by atoms with E-state index < -0.39 is 0 Å². The second-order valence-corrected chi connectivity index (χ2v) is 13.1. The monoisotopic (exact) mass is 572 g/mol. The Kier molecular flexibility index (Phi) is 8.05. The molecule has 2 saturated heterocycles. The van der Waals surface area contributed by atoms with Crippen LogP contribution in [0.4, 0.5) is 0 Å². The van der Waals surface area contributed by atoms with E-state index in [2.05, 4.69) is 44.7 Å². The number of aromatic amines is 1. The summed E-state index contributed by atoms with van der Waals surface area (Å²) in [5.41, 5.74) is 4.78. The number of nitrogens with zero attached hydrogens (tertiary/aromatic N) is 2. The first kappa shape index (κ1) is 28.0. The molecule has 2 saturated carbocycles. The number of aliphatic hydroxyl groups excluding tert-OH is 1. The predicted molar refractivity (Wildman–Crippen MR) is 162 cm³/mol. The van der Waals surface area contributed by atoms with Gasteiger partial charge < -0.3 is 19.9 Å². The van der Waals surface area contributed by atoms with Crippen LogP contribution in [0.5, 0.6) is 0 Å². The molecule has 8 nitrogen and oxygen atoms in total. The van der Waals surface area contributed by atoms with Gasteiger partial charge in [-0.15, -0.1) is 0 Å². The molecule has 2 aliphatic heterocycles. The van der Waals surface area contributed by atoms with Gasteiger partial charge in [0.05, 0.1) is 30.5 Å². The molecular formula is C34H44N4O4. The normalized spacial score (nSPS) is 27.7. The van der Waals surface area contributed by atoms with Gasteiger partial charge in [0.1, 0.15) is 0 Å². The number of hydrogen-bond acceptors (Lipinski definition) is 6. The first-order valence-corrected chi connectivity index (χ1v) is 16.0. The van der Waals surface area contributed by atoms with Gasteiger partial charge in [0.2, 0.25) is 0 Å². The highest BCUT2D eigenvalue weighted by Gasteiger charge is 2.42. The van der Waals surface area contributed by atoms with Gasteiger partial charge in [0.15, 0.2) is 0 Å². The third-order valence-electron chi connectivity index (χ3n) is 10.8. The zero-order valence-corrected chi connectivity index (χ0v) is 24.5. The number of rotatable bonds is 8. The van der Waals surface area contributed by atoms with E-state index in [1.54, 1.807) is 0 Å². The number of amides is 1. The first-order chi connectivity index (χ1) is 20.6. The van der Waals surface area contributed by atoms with E-state index in [0.717, 1.165) is 99.7 Å². The molecule has 2 aliphatic carbocycles. The molecule has 3 N–H and O–H groups in total. The lowest BCUT2D eigenvalue weighted by Crippen LogP contribution is -2.61. The highest BCUT2D eigenvalue weighted by Crippen LogP contribution is 2.48. The number of aromatic nitrogens is 2. The summed E-state index contributed by atoms with van der Waals surface area (Å²) in [6.45, 7) is 5.32. The topological polar surface area (TPSA) is 99.7 Å². The summed E-state index contributed by atoms with van der Waals surface area (Å²) in [6.07, 6.45) is 8.63. The summed E-state index contributed by atoms with van der Waals surface area (Å²) < 4.78 is 11.3. The SMILES string of the molecule is O=C(NCC1(N2CCOCC2)CCOCC1)c1ccc2[nH]nc(-c3ccc(CCC4C5CCC4CC(O)C5)cc3)c2c1. The first-order valence-electron chi connectivity index (χ1n) is 16.0. The maximum atomic E-state index is 13.4. The molecule has 0 radical (unpaired) electrons. The van der Waals surface area contributed by atoms with E-state index in [0.29, 0.717) is 23.9 Å². The maximum absolute atomic E-state index is 13.4. The number of fused-ring (bicyclic) bond motifs is 3. The van der Waals surface area contributed by atoms with E-state index in [-0.39, 0.29) is 17.6 Å². The molecule has 1 amide bonds. The van der Waals surface area contributed by atoms with Crippen molar-refractivity contribution >= 4 is 16.8 Å². The molecule has 4 fully saturated rings. The predicted octanol–water partition coefficient (Wildman–Crippen LogP) is 4.57. The number of benzene rings is 2. The lowest BCUT2D eigenvalue weighted by Gasteiger charge is -2.47. The fourth-order valence-electron chi connectivity index (χ4n) is 8.37. The van der Waals surface area contributed by atoms with Crippen LogP contribution in [0, 0.1) is 17.8 Å². The van der Waals surface area contributed by atoms with Gasteiger partial charge in [-0.1, -0.05) is 24.3 Å². The highest BCUT2D eigenvalue weighted by molar-refractivity contribution is 6.01. The smallest absolute Gasteiger partial charge is 0.251 e. The number of carbonyl (C=O) groups excluding carboxylic acids is 1. The largest absolute Gasteiger partial charge is 0.393 e. The molecule has 3 heterocycles. The fraction of sp³-hybridized carbons (Fsp3) is 0.588. The van der Waals surface area contributed by atoms with Crippen molar-refractivity contribution in [2.75, 3.05) is 46.1 Å². The van der Waals surface area contributed by atoms with Gasteiger partial charge >= 0.3 is 0 Å². The average molecular weight is 573 g/mol. The van der Waals surface area contributed by atoms with Crippen molar-refractivity contribution in [1.29, 1.82) is 0 Å². The van der Waals surface area contributed by atoms with Crippen molar-refractivity contribution in [3.8, 4) is 11.3 Å². The molecule has 3 aromatic rings. The number of aliphatic hydroxyl groups is 1. The Morgan fingerprint density at radius 3 is 2.45 bits per heavy atom. The summed E-state index contributed by atoms with van der Waals surface area (Å²) in [5.74, 6) is 2.13. The third-order valence-corrected chi connectivity index (χ3v) is 10.8. The van der Waals surface area contributed by atoms with Crippen molar-refractivity contribution < 1.29 is 19.4 Å². The van der Waals surface area contributed by atoms with E-state index in [1.165, 1.54) is 24.8 Å². The number of ether oxygens (including phenoxy) is 2. The van der Waals surface area contributed by atoms with Gasteiger partial charge in [-0.25, -0.2) is 0 Å². The molecule has 224 valence electrons. The second-order valence-electron chi connectivity index (χ2n) is 13.1. The number of morpholine rings is 1. The molecule has 8 heteroatoms. The molecule has 2 aromatic carbocycles. The van der Waals surface area contributed by atoms with Crippen molar-refractivity contribution in [3.63, 3.8) is 0 Å². The van der Waals surface area contributed by atoms with Crippen LogP contribution >= 0.6 is 0 Å². The molecule has 0 spiro atoms. The molecule has 42 heavy (non-hydrogen) atoms. The molecule has 2 bridgehead atoms. The molecular weight excluding hydrogens is 528 g/mol. The van der Waals surface area contributed by atoms with Gasteiger partial charge in [-0.3, -0.25) is 14.8 Å². The molecule has 7 rings (SSSR count). The van der Waals surface area contributed by atoms with Crippen LogP contribution in [0.25, 0.3) is 22.2 Å². The van der Waals surface area contributed by atoms with E-state index in [1.807, 2.05) is 18.2 Å². The Morgan fingerprint density at radius 2 is 1.71 bits per heavy atom. The molecule has 2 atom stereocenters. The lowest BCUT2D eigenvalue weighted by molar-refractivity contribution is -0.0693. The summed E-state index contributed by atoms with van der Waals surface area (Å²) >= 11 is 0.